The first kappa shape index (κ1) is 16.8. The van der Waals surface area contributed by atoms with Crippen LogP contribution in [0.1, 0.15) is 12.8 Å². The molecule has 0 radical (unpaired) electrons. The fraction of sp³-hybridized carbons (Fsp3) is 0.263. The van der Waals surface area contributed by atoms with Gasteiger partial charge in [-0.2, -0.15) is 0 Å². The average Bonchev–Trinajstić information content (AvgIpc) is 3.44. The van der Waals surface area contributed by atoms with Gasteiger partial charge in [0, 0.05) is 6.04 Å². The van der Waals surface area contributed by atoms with E-state index in [9.17, 15) is 9.59 Å². The maximum Gasteiger partial charge on any atom is 0.262 e. The molecule has 1 saturated carbocycles. The Morgan fingerprint density at radius 1 is 0.880 bits per heavy atom. The molecule has 0 aromatic heterocycles. The van der Waals surface area contributed by atoms with Crippen molar-refractivity contribution in [3.05, 3.63) is 54.6 Å². The predicted octanol–water partition coefficient (Wildman–Crippen LogP) is 2.36. The molecule has 0 heterocycles. The van der Waals surface area contributed by atoms with Crippen LogP contribution in [0.15, 0.2) is 54.6 Å². The summed E-state index contributed by atoms with van der Waals surface area (Å²) in [5.74, 6) is 0.610. The summed E-state index contributed by atoms with van der Waals surface area (Å²) in [5.41, 5.74) is 0.503. The van der Waals surface area contributed by atoms with Gasteiger partial charge in [-0.25, -0.2) is 0 Å². The molecule has 0 bridgehead atoms. The molecule has 6 nitrogen and oxygen atoms in total. The number of hydrogen-bond acceptors (Lipinski definition) is 4. The first-order valence-corrected chi connectivity index (χ1v) is 8.19. The molecule has 1 aliphatic carbocycles. The lowest BCUT2D eigenvalue weighted by Crippen LogP contribution is -2.30. The number of nitrogens with one attached hydrogen (secondary N) is 2. The number of para-hydroxylation sites is 3. The second-order valence-electron chi connectivity index (χ2n) is 5.78. The molecule has 0 unspecified atom stereocenters. The van der Waals surface area contributed by atoms with E-state index in [2.05, 4.69) is 10.6 Å². The third kappa shape index (κ3) is 5.53. The van der Waals surface area contributed by atoms with Crippen molar-refractivity contribution >= 4 is 17.5 Å². The molecule has 0 atom stereocenters. The smallest absolute Gasteiger partial charge is 0.262 e. The third-order valence-corrected chi connectivity index (χ3v) is 3.58. The summed E-state index contributed by atoms with van der Waals surface area (Å²) in [6.07, 6.45) is 2.06. The van der Waals surface area contributed by atoms with Crippen molar-refractivity contribution < 1.29 is 19.1 Å². The van der Waals surface area contributed by atoms with Crippen LogP contribution >= 0.6 is 0 Å². The lowest BCUT2D eigenvalue weighted by molar-refractivity contribution is -0.123. The lowest BCUT2D eigenvalue weighted by atomic mass is 10.3. The van der Waals surface area contributed by atoms with Crippen LogP contribution in [-0.2, 0) is 9.59 Å². The van der Waals surface area contributed by atoms with Crippen molar-refractivity contribution in [2.24, 2.45) is 0 Å². The molecule has 2 aromatic carbocycles. The molecule has 3 rings (SSSR count). The van der Waals surface area contributed by atoms with Gasteiger partial charge in [0.15, 0.2) is 13.2 Å². The average molecular weight is 340 g/mol. The van der Waals surface area contributed by atoms with Crippen LogP contribution in [0.5, 0.6) is 11.5 Å². The van der Waals surface area contributed by atoms with Crippen molar-refractivity contribution in [1.29, 1.82) is 0 Å². The first-order chi connectivity index (χ1) is 12.2. The summed E-state index contributed by atoms with van der Waals surface area (Å²) < 4.78 is 10.9. The maximum absolute atomic E-state index is 12.1. The number of benzene rings is 2. The van der Waals surface area contributed by atoms with Crippen LogP contribution in [0.3, 0.4) is 0 Å². The highest BCUT2D eigenvalue weighted by molar-refractivity contribution is 5.93. The second-order valence-corrected chi connectivity index (χ2v) is 5.78. The predicted molar refractivity (Wildman–Crippen MR) is 93.7 cm³/mol. The number of amides is 2. The number of ether oxygens (including phenoxy) is 2. The fourth-order valence-corrected chi connectivity index (χ4v) is 2.19. The first-order valence-electron chi connectivity index (χ1n) is 8.19. The van der Waals surface area contributed by atoms with Gasteiger partial charge in [0.1, 0.15) is 11.5 Å². The Hall–Kier alpha value is -3.02. The number of hydrogen-bond donors (Lipinski definition) is 2. The van der Waals surface area contributed by atoms with Crippen LogP contribution in [0.4, 0.5) is 5.69 Å². The zero-order chi connectivity index (χ0) is 17.5. The van der Waals surface area contributed by atoms with Crippen LogP contribution in [0.2, 0.25) is 0 Å². The number of rotatable bonds is 8. The molecule has 0 saturated heterocycles. The van der Waals surface area contributed by atoms with Gasteiger partial charge in [0.2, 0.25) is 0 Å². The van der Waals surface area contributed by atoms with Gasteiger partial charge >= 0.3 is 0 Å². The van der Waals surface area contributed by atoms with E-state index in [4.69, 9.17) is 9.47 Å². The van der Waals surface area contributed by atoms with Gasteiger partial charge in [-0.15, -0.1) is 0 Å². The second kappa shape index (κ2) is 8.19. The van der Waals surface area contributed by atoms with Crippen molar-refractivity contribution in [2.45, 2.75) is 18.9 Å². The Bertz CT molecular complexity index is 729. The largest absolute Gasteiger partial charge is 0.484 e. The van der Waals surface area contributed by atoms with Crippen molar-refractivity contribution in [3.8, 4) is 11.5 Å². The highest BCUT2D eigenvalue weighted by Gasteiger charge is 2.23. The molecule has 2 amide bonds. The third-order valence-electron chi connectivity index (χ3n) is 3.58. The maximum atomic E-state index is 12.1. The van der Waals surface area contributed by atoms with Crippen molar-refractivity contribution in [2.75, 3.05) is 18.5 Å². The summed E-state index contributed by atoms with van der Waals surface area (Å²) in [5, 5.41) is 5.59. The molecule has 25 heavy (non-hydrogen) atoms. The van der Waals surface area contributed by atoms with Gasteiger partial charge < -0.3 is 20.1 Å². The Balaban J connectivity index is 1.50. The van der Waals surface area contributed by atoms with E-state index in [0.717, 1.165) is 12.8 Å². The zero-order valence-electron chi connectivity index (χ0n) is 13.7. The van der Waals surface area contributed by atoms with Gasteiger partial charge in [-0.1, -0.05) is 30.3 Å². The molecule has 2 N–H and O–H groups in total. The Morgan fingerprint density at radius 2 is 1.56 bits per heavy atom. The van der Waals surface area contributed by atoms with Gasteiger partial charge in [0.25, 0.3) is 11.8 Å². The standard InChI is InChI=1S/C19H20N2O4/c22-18(20-14-10-11-14)13-25-17-9-5-4-8-16(17)21-19(23)12-24-15-6-2-1-3-7-15/h1-9,14H,10-13H2,(H,20,22)(H,21,23). The minimum atomic E-state index is -0.303. The topological polar surface area (TPSA) is 76.7 Å². The normalized spacial score (nSPS) is 13.0. The molecule has 0 spiro atoms. The Morgan fingerprint density at radius 3 is 2.32 bits per heavy atom. The van der Waals surface area contributed by atoms with E-state index in [1.54, 1.807) is 36.4 Å². The highest BCUT2D eigenvalue weighted by atomic mass is 16.5. The fourth-order valence-electron chi connectivity index (χ4n) is 2.19. The molecule has 2 aromatic rings. The minimum Gasteiger partial charge on any atom is -0.484 e. The lowest BCUT2D eigenvalue weighted by Gasteiger charge is -2.13. The number of carbonyl (C=O) groups excluding carboxylic acids is 2. The highest BCUT2D eigenvalue weighted by Crippen LogP contribution is 2.24. The van der Waals surface area contributed by atoms with E-state index in [1.165, 1.54) is 0 Å². The molecule has 6 heteroatoms. The summed E-state index contributed by atoms with van der Waals surface area (Å²) >= 11 is 0. The van der Waals surface area contributed by atoms with Gasteiger partial charge in [0.05, 0.1) is 5.69 Å². The Labute approximate surface area is 146 Å². The van der Waals surface area contributed by atoms with Crippen LogP contribution in [0.25, 0.3) is 0 Å². The summed E-state index contributed by atoms with van der Waals surface area (Å²) in [4.78, 5) is 23.8. The molecule has 0 aliphatic heterocycles. The molecular formula is C19H20N2O4. The van der Waals surface area contributed by atoms with Crippen LogP contribution in [-0.4, -0.2) is 31.1 Å². The molecule has 1 aliphatic rings. The summed E-state index contributed by atoms with van der Waals surface area (Å²) in [6, 6.07) is 16.4. The van der Waals surface area contributed by atoms with Crippen molar-refractivity contribution in [3.63, 3.8) is 0 Å². The van der Waals surface area contributed by atoms with E-state index >= 15 is 0 Å². The van der Waals surface area contributed by atoms with E-state index < -0.39 is 0 Å². The summed E-state index contributed by atoms with van der Waals surface area (Å²) in [7, 11) is 0. The van der Waals surface area contributed by atoms with E-state index in [1.807, 2.05) is 18.2 Å². The van der Waals surface area contributed by atoms with Gasteiger partial charge in [-0.3, -0.25) is 9.59 Å². The van der Waals surface area contributed by atoms with Gasteiger partial charge in [-0.05, 0) is 37.1 Å². The number of anilines is 1. The van der Waals surface area contributed by atoms with Crippen LogP contribution < -0.4 is 20.1 Å². The van der Waals surface area contributed by atoms with Crippen LogP contribution in [0, 0.1) is 0 Å². The number of carbonyl (C=O) groups is 2. The van der Waals surface area contributed by atoms with E-state index in [0.29, 0.717) is 23.2 Å². The minimum absolute atomic E-state index is 0.0795. The Kier molecular flexibility index (Phi) is 5.51. The SMILES string of the molecule is O=C(COc1ccccc1)Nc1ccccc1OCC(=O)NC1CC1. The molecule has 1 fully saturated rings. The summed E-state index contributed by atoms with van der Waals surface area (Å²) in [6.45, 7) is -0.190. The monoisotopic (exact) mass is 340 g/mol. The molecule has 130 valence electrons. The molecular weight excluding hydrogens is 320 g/mol. The van der Waals surface area contributed by atoms with E-state index in [-0.39, 0.29) is 25.0 Å². The quantitative estimate of drug-likeness (QED) is 0.773. The zero-order valence-corrected chi connectivity index (χ0v) is 13.7. The van der Waals surface area contributed by atoms with Crippen molar-refractivity contribution in [1.82, 2.24) is 5.32 Å².